The van der Waals surface area contributed by atoms with Crippen molar-refractivity contribution in [2.24, 2.45) is 10.9 Å². The molecule has 0 heterocycles. The third kappa shape index (κ3) is 8.01. The first-order chi connectivity index (χ1) is 10.7. The molecular weight excluding hydrogens is 401 g/mol. The molecule has 4 nitrogen and oxygen atoms in total. The van der Waals surface area contributed by atoms with Gasteiger partial charge in [0.1, 0.15) is 0 Å². The number of nitrogens with one attached hydrogen (secondary N) is 2. The number of ether oxygens (including phenoxy) is 1. The van der Waals surface area contributed by atoms with Crippen molar-refractivity contribution >= 4 is 29.9 Å². The molecule has 1 aromatic rings. The van der Waals surface area contributed by atoms with E-state index in [9.17, 15) is 0 Å². The Labute approximate surface area is 157 Å². The molecule has 2 rings (SSSR count). The van der Waals surface area contributed by atoms with Gasteiger partial charge in [-0.05, 0) is 50.7 Å². The minimum atomic E-state index is 0. The molecule has 0 aliphatic heterocycles. The second-order valence-electron chi connectivity index (χ2n) is 6.07. The van der Waals surface area contributed by atoms with Crippen LogP contribution in [0.15, 0.2) is 23.2 Å². The van der Waals surface area contributed by atoms with E-state index in [1.54, 1.807) is 0 Å². The van der Waals surface area contributed by atoms with Gasteiger partial charge in [0.2, 0.25) is 0 Å². The van der Waals surface area contributed by atoms with Gasteiger partial charge < -0.3 is 15.4 Å². The Balaban J connectivity index is 0.00000264. The second-order valence-corrected chi connectivity index (χ2v) is 6.07. The fourth-order valence-electron chi connectivity index (χ4n) is 2.31. The third-order valence-corrected chi connectivity index (χ3v) is 3.84. The van der Waals surface area contributed by atoms with Crippen molar-refractivity contribution in [3.63, 3.8) is 0 Å². The van der Waals surface area contributed by atoms with Crippen LogP contribution < -0.4 is 10.6 Å². The molecule has 0 unspecified atom stereocenters. The average Bonchev–Trinajstić information content (AvgIpc) is 3.30. The molecule has 0 saturated heterocycles. The van der Waals surface area contributed by atoms with E-state index in [0.29, 0.717) is 6.54 Å². The average molecular weight is 431 g/mol. The van der Waals surface area contributed by atoms with Crippen molar-refractivity contribution < 1.29 is 4.74 Å². The smallest absolute Gasteiger partial charge is 0.191 e. The number of guanidine groups is 1. The number of halogens is 1. The van der Waals surface area contributed by atoms with Gasteiger partial charge in [-0.15, -0.1) is 24.0 Å². The lowest BCUT2D eigenvalue weighted by molar-refractivity contribution is 0.129. The van der Waals surface area contributed by atoms with Crippen LogP contribution in [0.5, 0.6) is 0 Å². The number of rotatable bonds is 8. The molecule has 1 saturated carbocycles. The quantitative estimate of drug-likeness (QED) is 0.287. The normalized spacial score (nSPS) is 14.3. The standard InChI is InChI=1S/C18H29N3O.HI/c1-4-19-18(20-9-10-22-13-16-6-7-16)21-12-17-8-5-14(2)11-15(17)3;/h5,8,11,16H,4,6-7,9-10,12-13H2,1-3H3,(H2,19,20,21);1H. The maximum absolute atomic E-state index is 5.64. The summed E-state index contributed by atoms with van der Waals surface area (Å²) in [6.45, 7) is 10.4. The van der Waals surface area contributed by atoms with E-state index in [1.807, 2.05) is 0 Å². The van der Waals surface area contributed by atoms with Crippen molar-refractivity contribution in [2.75, 3.05) is 26.3 Å². The van der Waals surface area contributed by atoms with E-state index in [2.05, 4.69) is 54.6 Å². The number of aryl methyl sites for hydroxylation is 2. The lowest BCUT2D eigenvalue weighted by Gasteiger charge is -2.12. The molecule has 1 aliphatic carbocycles. The maximum Gasteiger partial charge on any atom is 0.191 e. The van der Waals surface area contributed by atoms with E-state index in [-0.39, 0.29) is 24.0 Å². The highest BCUT2D eigenvalue weighted by molar-refractivity contribution is 14.0. The molecule has 0 bridgehead atoms. The molecule has 23 heavy (non-hydrogen) atoms. The van der Waals surface area contributed by atoms with Gasteiger partial charge in [0.15, 0.2) is 5.96 Å². The van der Waals surface area contributed by atoms with Crippen LogP contribution in [0.25, 0.3) is 0 Å². The molecule has 0 aromatic heterocycles. The zero-order valence-electron chi connectivity index (χ0n) is 14.5. The van der Waals surface area contributed by atoms with Gasteiger partial charge >= 0.3 is 0 Å². The summed E-state index contributed by atoms with van der Waals surface area (Å²) in [5, 5.41) is 6.61. The van der Waals surface area contributed by atoms with Crippen LogP contribution >= 0.6 is 24.0 Å². The van der Waals surface area contributed by atoms with E-state index in [1.165, 1.54) is 29.5 Å². The van der Waals surface area contributed by atoms with Gasteiger partial charge in [0.05, 0.1) is 13.2 Å². The molecule has 1 fully saturated rings. The van der Waals surface area contributed by atoms with E-state index in [0.717, 1.165) is 38.2 Å². The van der Waals surface area contributed by atoms with Crippen LogP contribution in [-0.2, 0) is 11.3 Å². The van der Waals surface area contributed by atoms with Crippen molar-refractivity contribution in [2.45, 2.75) is 40.2 Å². The van der Waals surface area contributed by atoms with Crippen LogP contribution in [0.2, 0.25) is 0 Å². The van der Waals surface area contributed by atoms with Crippen molar-refractivity contribution in [3.8, 4) is 0 Å². The summed E-state index contributed by atoms with van der Waals surface area (Å²) in [6.07, 6.45) is 2.68. The van der Waals surface area contributed by atoms with Crippen molar-refractivity contribution in [3.05, 3.63) is 34.9 Å². The number of aliphatic imine (C=N–C) groups is 1. The Morgan fingerprint density at radius 2 is 2.04 bits per heavy atom. The Kier molecular flexibility index (Phi) is 9.55. The van der Waals surface area contributed by atoms with Gasteiger partial charge in [-0.1, -0.05) is 23.8 Å². The molecule has 0 spiro atoms. The molecular formula is C18H30IN3O. The summed E-state index contributed by atoms with van der Waals surface area (Å²) < 4.78 is 5.64. The SMILES string of the molecule is CCNC(=NCc1ccc(C)cc1C)NCCOCC1CC1.I. The van der Waals surface area contributed by atoms with Gasteiger partial charge in [-0.2, -0.15) is 0 Å². The predicted octanol–water partition coefficient (Wildman–Crippen LogP) is 3.40. The summed E-state index contributed by atoms with van der Waals surface area (Å²) >= 11 is 0. The van der Waals surface area contributed by atoms with Crippen LogP contribution in [0.1, 0.15) is 36.5 Å². The first-order valence-corrected chi connectivity index (χ1v) is 8.35. The highest BCUT2D eigenvalue weighted by Crippen LogP contribution is 2.28. The summed E-state index contributed by atoms with van der Waals surface area (Å²) in [6, 6.07) is 6.51. The predicted molar refractivity (Wildman–Crippen MR) is 108 cm³/mol. The fraction of sp³-hybridized carbons (Fsp3) is 0.611. The largest absolute Gasteiger partial charge is 0.379 e. The van der Waals surface area contributed by atoms with Crippen molar-refractivity contribution in [1.29, 1.82) is 0 Å². The monoisotopic (exact) mass is 431 g/mol. The number of hydrogen-bond donors (Lipinski definition) is 2. The van der Waals surface area contributed by atoms with Crippen LogP contribution in [0, 0.1) is 19.8 Å². The van der Waals surface area contributed by atoms with Gasteiger partial charge in [-0.25, -0.2) is 4.99 Å². The first kappa shape index (κ1) is 20.2. The minimum absolute atomic E-state index is 0. The van der Waals surface area contributed by atoms with Crippen molar-refractivity contribution in [1.82, 2.24) is 10.6 Å². The first-order valence-electron chi connectivity index (χ1n) is 8.35. The molecule has 0 amide bonds. The van der Waals surface area contributed by atoms with Crippen LogP contribution in [-0.4, -0.2) is 32.3 Å². The number of hydrogen-bond acceptors (Lipinski definition) is 2. The molecule has 5 heteroatoms. The third-order valence-electron chi connectivity index (χ3n) is 3.84. The molecule has 2 N–H and O–H groups in total. The Bertz CT molecular complexity index is 501. The Morgan fingerprint density at radius 3 is 2.70 bits per heavy atom. The van der Waals surface area contributed by atoms with Crippen LogP contribution in [0.3, 0.4) is 0 Å². The Morgan fingerprint density at radius 1 is 1.26 bits per heavy atom. The lowest BCUT2D eigenvalue weighted by atomic mass is 10.1. The summed E-state index contributed by atoms with van der Waals surface area (Å²) in [7, 11) is 0. The summed E-state index contributed by atoms with van der Waals surface area (Å²) in [5.41, 5.74) is 3.86. The minimum Gasteiger partial charge on any atom is -0.379 e. The zero-order valence-corrected chi connectivity index (χ0v) is 16.9. The van der Waals surface area contributed by atoms with E-state index < -0.39 is 0 Å². The zero-order chi connectivity index (χ0) is 15.8. The van der Waals surface area contributed by atoms with Gasteiger partial charge in [0.25, 0.3) is 0 Å². The molecule has 0 atom stereocenters. The molecule has 0 radical (unpaired) electrons. The number of nitrogens with zero attached hydrogens (tertiary/aromatic N) is 1. The fourth-order valence-corrected chi connectivity index (χ4v) is 2.31. The Hall–Kier alpha value is -0.820. The van der Waals surface area contributed by atoms with E-state index in [4.69, 9.17) is 4.74 Å². The topological polar surface area (TPSA) is 45.7 Å². The van der Waals surface area contributed by atoms with Gasteiger partial charge in [0, 0.05) is 19.7 Å². The molecule has 1 aliphatic rings. The van der Waals surface area contributed by atoms with Gasteiger partial charge in [-0.3, -0.25) is 0 Å². The van der Waals surface area contributed by atoms with E-state index >= 15 is 0 Å². The summed E-state index contributed by atoms with van der Waals surface area (Å²) in [5.74, 6) is 1.68. The number of benzene rings is 1. The highest BCUT2D eigenvalue weighted by Gasteiger charge is 2.20. The summed E-state index contributed by atoms with van der Waals surface area (Å²) in [4.78, 5) is 4.66. The molecule has 130 valence electrons. The maximum atomic E-state index is 5.64. The highest BCUT2D eigenvalue weighted by atomic mass is 127. The van der Waals surface area contributed by atoms with Crippen LogP contribution in [0.4, 0.5) is 0 Å². The molecule has 1 aromatic carbocycles. The second kappa shape index (κ2) is 10.9. The lowest BCUT2D eigenvalue weighted by Crippen LogP contribution is -2.39.